The van der Waals surface area contributed by atoms with Crippen LogP contribution in [0.1, 0.15) is 17.0 Å². The average molecular weight is 406 g/mol. The number of carbonyl (C=O) groups excluding carboxylic acids is 1. The molecule has 4 heteroatoms. The highest BCUT2D eigenvalue weighted by molar-refractivity contribution is 6.00. The number of ether oxygens (including phenoxy) is 1. The van der Waals surface area contributed by atoms with Gasteiger partial charge in [-0.2, -0.15) is 0 Å². The first-order valence-electron chi connectivity index (χ1n) is 10.2. The lowest BCUT2D eigenvalue weighted by atomic mass is 9.86. The van der Waals surface area contributed by atoms with Crippen molar-refractivity contribution in [2.45, 2.75) is 5.92 Å². The van der Waals surface area contributed by atoms with E-state index in [9.17, 15) is 4.79 Å². The average Bonchev–Trinajstić information content (AvgIpc) is 3.18. The van der Waals surface area contributed by atoms with E-state index >= 15 is 0 Å². The van der Waals surface area contributed by atoms with Crippen LogP contribution in [-0.4, -0.2) is 18.0 Å². The van der Waals surface area contributed by atoms with Gasteiger partial charge in [-0.1, -0.05) is 72.8 Å². The number of benzene rings is 4. The summed E-state index contributed by atoms with van der Waals surface area (Å²) in [6.07, 6.45) is 0. The monoisotopic (exact) mass is 406 g/mol. The third kappa shape index (κ3) is 3.22. The number of methoxy groups -OCH3 is 1. The number of hydrogen-bond acceptors (Lipinski definition) is 2. The largest absolute Gasteiger partial charge is 0.496 e. The van der Waals surface area contributed by atoms with Gasteiger partial charge in [0.25, 0.3) is 0 Å². The fourth-order valence-corrected chi connectivity index (χ4v) is 4.39. The Hall–Kier alpha value is -4.05. The van der Waals surface area contributed by atoms with Crippen LogP contribution in [0.4, 0.5) is 0 Å². The van der Waals surface area contributed by atoms with E-state index in [1.54, 1.807) is 7.11 Å². The van der Waals surface area contributed by atoms with Gasteiger partial charge < -0.3 is 15.5 Å². The molecule has 1 heterocycles. The van der Waals surface area contributed by atoms with Crippen molar-refractivity contribution >= 4 is 27.6 Å². The summed E-state index contributed by atoms with van der Waals surface area (Å²) in [4.78, 5) is 16.4. The van der Waals surface area contributed by atoms with Gasteiger partial charge in [0.2, 0.25) is 5.91 Å². The quantitative estimate of drug-likeness (QED) is 0.398. The van der Waals surface area contributed by atoms with E-state index in [0.717, 1.165) is 38.7 Å². The molecular formula is C27H22N2O2. The number of aromatic amines is 1. The van der Waals surface area contributed by atoms with Gasteiger partial charge in [0.1, 0.15) is 5.75 Å². The van der Waals surface area contributed by atoms with Crippen molar-refractivity contribution < 1.29 is 9.53 Å². The molecule has 31 heavy (non-hydrogen) atoms. The van der Waals surface area contributed by atoms with E-state index in [-0.39, 0.29) is 0 Å². The summed E-state index contributed by atoms with van der Waals surface area (Å²) in [6.45, 7) is 0. The number of hydrogen-bond donors (Lipinski definition) is 2. The Kier molecular flexibility index (Phi) is 4.68. The van der Waals surface area contributed by atoms with E-state index in [1.807, 2.05) is 60.7 Å². The summed E-state index contributed by atoms with van der Waals surface area (Å²) in [5.41, 5.74) is 10.5. The van der Waals surface area contributed by atoms with E-state index in [4.69, 9.17) is 10.5 Å². The Morgan fingerprint density at radius 3 is 2.39 bits per heavy atom. The first-order valence-corrected chi connectivity index (χ1v) is 10.2. The number of carbonyl (C=O) groups is 1. The first kappa shape index (κ1) is 18.9. The molecule has 0 bridgehead atoms. The van der Waals surface area contributed by atoms with Crippen LogP contribution in [-0.2, 0) is 4.79 Å². The minimum Gasteiger partial charge on any atom is -0.496 e. The molecule has 1 atom stereocenters. The highest BCUT2D eigenvalue weighted by Gasteiger charge is 2.29. The molecule has 0 fully saturated rings. The topological polar surface area (TPSA) is 68.1 Å². The smallest absolute Gasteiger partial charge is 0.229 e. The molecule has 0 radical (unpaired) electrons. The SMILES string of the molecule is COc1ccccc1C(C(N)=O)c1c(-c2ccc3ccccc3c2)[nH]c2ccccc12. The number of nitrogens with one attached hydrogen (secondary N) is 1. The lowest BCUT2D eigenvalue weighted by molar-refractivity contribution is -0.118. The predicted molar refractivity (Wildman–Crippen MR) is 125 cm³/mol. The Morgan fingerprint density at radius 2 is 1.58 bits per heavy atom. The zero-order valence-electron chi connectivity index (χ0n) is 17.1. The standard InChI is InChI=1S/C27H22N2O2/c1-31-23-13-7-5-11-21(23)25(27(28)30)24-20-10-4-6-12-22(20)29-26(24)19-15-14-17-8-2-3-9-18(17)16-19/h2-16,25,29H,1H3,(H2,28,30). The van der Waals surface area contributed by atoms with Crippen molar-refractivity contribution in [2.75, 3.05) is 7.11 Å². The summed E-state index contributed by atoms with van der Waals surface area (Å²) in [5, 5.41) is 3.28. The fourth-order valence-electron chi connectivity index (χ4n) is 4.39. The van der Waals surface area contributed by atoms with Crippen LogP contribution < -0.4 is 10.5 Å². The number of amides is 1. The Balaban J connectivity index is 1.82. The lowest BCUT2D eigenvalue weighted by Crippen LogP contribution is -2.23. The van der Waals surface area contributed by atoms with E-state index in [1.165, 1.54) is 5.39 Å². The van der Waals surface area contributed by atoms with Crippen molar-refractivity contribution in [1.29, 1.82) is 0 Å². The Bertz CT molecular complexity index is 1420. The lowest BCUT2D eigenvalue weighted by Gasteiger charge is -2.19. The number of para-hydroxylation sites is 2. The van der Waals surface area contributed by atoms with Crippen LogP contribution in [0.3, 0.4) is 0 Å². The highest BCUT2D eigenvalue weighted by Crippen LogP contribution is 2.41. The summed E-state index contributed by atoms with van der Waals surface area (Å²) in [7, 11) is 1.61. The molecule has 5 aromatic rings. The number of nitrogens with two attached hydrogens (primary N) is 1. The van der Waals surface area contributed by atoms with Crippen LogP contribution in [0.15, 0.2) is 91.0 Å². The molecule has 1 aromatic heterocycles. The zero-order valence-corrected chi connectivity index (χ0v) is 17.1. The third-order valence-corrected chi connectivity index (χ3v) is 5.81. The van der Waals surface area contributed by atoms with E-state index in [2.05, 4.69) is 35.3 Å². The van der Waals surface area contributed by atoms with Gasteiger partial charge in [0, 0.05) is 22.0 Å². The number of fused-ring (bicyclic) bond motifs is 2. The molecule has 4 aromatic carbocycles. The van der Waals surface area contributed by atoms with Crippen LogP contribution in [0.2, 0.25) is 0 Å². The Labute approximate surface area is 180 Å². The third-order valence-electron chi connectivity index (χ3n) is 5.81. The van der Waals surface area contributed by atoms with Crippen LogP contribution >= 0.6 is 0 Å². The second-order valence-electron chi connectivity index (χ2n) is 7.60. The van der Waals surface area contributed by atoms with Gasteiger partial charge >= 0.3 is 0 Å². The summed E-state index contributed by atoms with van der Waals surface area (Å²) in [5.74, 6) is -0.439. The van der Waals surface area contributed by atoms with Crippen LogP contribution in [0.5, 0.6) is 5.75 Å². The molecule has 0 aliphatic rings. The normalized spacial score (nSPS) is 12.2. The van der Waals surface area contributed by atoms with Gasteiger partial charge in [-0.25, -0.2) is 0 Å². The van der Waals surface area contributed by atoms with Crippen LogP contribution in [0, 0.1) is 0 Å². The zero-order chi connectivity index (χ0) is 21.4. The van der Waals surface area contributed by atoms with Gasteiger partial charge in [-0.05, 0) is 34.5 Å². The van der Waals surface area contributed by atoms with Crippen molar-refractivity contribution in [3.8, 4) is 17.0 Å². The minimum absolute atomic E-state index is 0.420. The first-order chi connectivity index (χ1) is 15.2. The predicted octanol–water partition coefficient (Wildman–Crippen LogP) is 5.61. The number of rotatable bonds is 5. The van der Waals surface area contributed by atoms with Crippen LogP contribution in [0.25, 0.3) is 32.9 Å². The molecule has 0 aliphatic heterocycles. The molecule has 1 unspecified atom stereocenters. The van der Waals surface area contributed by atoms with Gasteiger partial charge in [-0.15, -0.1) is 0 Å². The highest BCUT2D eigenvalue weighted by atomic mass is 16.5. The second kappa shape index (κ2) is 7.65. The van der Waals surface area contributed by atoms with Crippen molar-refractivity contribution in [3.63, 3.8) is 0 Å². The molecular weight excluding hydrogens is 384 g/mol. The molecule has 1 amide bonds. The number of H-pyrrole nitrogens is 1. The van der Waals surface area contributed by atoms with Crippen molar-refractivity contribution in [3.05, 3.63) is 102 Å². The summed E-state index contributed by atoms with van der Waals surface area (Å²) < 4.78 is 5.57. The van der Waals surface area contributed by atoms with Crippen molar-refractivity contribution in [1.82, 2.24) is 4.98 Å². The molecule has 152 valence electrons. The summed E-state index contributed by atoms with van der Waals surface area (Å²) in [6, 6.07) is 30.1. The van der Waals surface area contributed by atoms with E-state index < -0.39 is 11.8 Å². The molecule has 0 saturated carbocycles. The maximum absolute atomic E-state index is 12.9. The van der Waals surface area contributed by atoms with Gasteiger partial charge in [0.05, 0.1) is 18.7 Å². The van der Waals surface area contributed by atoms with E-state index in [0.29, 0.717) is 5.75 Å². The molecule has 0 saturated heterocycles. The van der Waals surface area contributed by atoms with Crippen molar-refractivity contribution in [2.24, 2.45) is 5.73 Å². The number of aromatic nitrogens is 1. The molecule has 5 rings (SSSR count). The summed E-state index contributed by atoms with van der Waals surface area (Å²) >= 11 is 0. The molecule has 3 N–H and O–H groups in total. The van der Waals surface area contributed by atoms with Gasteiger partial charge in [0.15, 0.2) is 0 Å². The fraction of sp³-hybridized carbons (Fsp3) is 0.0741. The Morgan fingerprint density at radius 1 is 0.871 bits per heavy atom. The minimum atomic E-state index is -0.659. The van der Waals surface area contributed by atoms with Gasteiger partial charge in [-0.3, -0.25) is 4.79 Å². The molecule has 0 aliphatic carbocycles. The molecule has 0 spiro atoms. The maximum atomic E-state index is 12.9. The second-order valence-corrected chi connectivity index (χ2v) is 7.60. The maximum Gasteiger partial charge on any atom is 0.229 e. The molecule has 4 nitrogen and oxygen atoms in total. The number of primary amides is 1.